The van der Waals surface area contributed by atoms with Gasteiger partial charge < -0.3 is 29.2 Å². The van der Waals surface area contributed by atoms with Gasteiger partial charge >= 0.3 is 5.97 Å². The number of carbonyl (C=O) groups is 1. The Morgan fingerprint density at radius 1 is 1.00 bits per heavy atom. The predicted molar refractivity (Wildman–Crippen MR) is 177 cm³/mol. The van der Waals surface area contributed by atoms with Gasteiger partial charge in [0.25, 0.3) is 0 Å². The minimum Gasteiger partial charge on any atom is -0.457 e. The van der Waals surface area contributed by atoms with Crippen molar-refractivity contribution in [1.82, 2.24) is 4.90 Å². The number of ether oxygens (including phenoxy) is 4. The van der Waals surface area contributed by atoms with Crippen molar-refractivity contribution >= 4 is 5.97 Å². The van der Waals surface area contributed by atoms with Gasteiger partial charge in [-0.1, -0.05) is 34.6 Å². The van der Waals surface area contributed by atoms with Crippen LogP contribution in [0.15, 0.2) is 0 Å². The lowest BCUT2D eigenvalue weighted by atomic mass is 9.41. The second kappa shape index (κ2) is 10.6. The summed E-state index contributed by atoms with van der Waals surface area (Å²) in [5, 5.41) is 23.6. The number of hydrogen-bond acceptors (Lipinski definition) is 8. The Morgan fingerprint density at radius 2 is 1.70 bits per heavy atom. The Hall–Kier alpha value is -0.770. The number of aliphatic hydroxyl groups is 2. The van der Waals surface area contributed by atoms with E-state index in [1.807, 2.05) is 0 Å². The number of rotatable bonds is 6. The highest BCUT2D eigenvalue weighted by atomic mass is 16.7. The Labute approximate surface area is 283 Å². The zero-order valence-corrected chi connectivity index (χ0v) is 30.4. The van der Waals surface area contributed by atoms with E-state index in [9.17, 15) is 15.0 Å². The Bertz CT molecular complexity index is 1260. The number of aliphatic hydroxyl groups excluding tert-OH is 1. The summed E-state index contributed by atoms with van der Waals surface area (Å²) >= 11 is 0. The van der Waals surface area contributed by atoms with Gasteiger partial charge in [-0.15, -0.1) is 0 Å². The second-order valence-electron chi connectivity index (χ2n) is 19.4. The van der Waals surface area contributed by atoms with Crippen LogP contribution in [0.1, 0.15) is 120 Å². The van der Waals surface area contributed by atoms with Gasteiger partial charge in [0.05, 0.1) is 36.6 Å². The van der Waals surface area contributed by atoms with Crippen LogP contribution >= 0.6 is 0 Å². The maximum absolute atomic E-state index is 12.6. The maximum atomic E-state index is 12.6. The second-order valence-corrected chi connectivity index (χ2v) is 19.4. The molecule has 8 fully saturated rings. The van der Waals surface area contributed by atoms with E-state index >= 15 is 0 Å². The predicted octanol–water partition coefficient (Wildman–Crippen LogP) is 5.71. The topological polar surface area (TPSA) is 97.7 Å². The van der Waals surface area contributed by atoms with Crippen molar-refractivity contribution < 1.29 is 34.0 Å². The molecular formula is C39H63NO7. The molecule has 2 saturated heterocycles. The van der Waals surface area contributed by atoms with Crippen LogP contribution in [0.25, 0.3) is 0 Å². The number of nitrogens with zero attached hydrogens (tertiary/aromatic N) is 1. The standard InChI is InChI=1S/C39H63NO7/c1-22-19-25(33(35(5,6)43)45-23(2)41)46-31-30(22)36(7)15-16-39-21-38(39)14-13-28(47-29-20-40(17-18-44-29)24-9-10-24)34(3,4)26(38)11-12-27(39)37(36,8)32(31)42/h22,24-33,42-43H,9-21H2,1-8H3/t22-,25?,26+,27?,28?,29?,30?,31?,32+,33?,36?,37-,38?,39?/m1/s1. The van der Waals surface area contributed by atoms with Gasteiger partial charge in [0.2, 0.25) is 0 Å². The maximum Gasteiger partial charge on any atom is 0.303 e. The van der Waals surface area contributed by atoms with E-state index in [0.717, 1.165) is 45.0 Å². The Kier molecular flexibility index (Phi) is 7.55. The van der Waals surface area contributed by atoms with Crippen LogP contribution in [0.5, 0.6) is 0 Å². The molecule has 14 atom stereocenters. The van der Waals surface area contributed by atoms with E-state index in [4.69, 9.17) is 18.9 Å². The molecule has 8 aliphatic rings. The van der Waals surface area contributed by atoms with Crippen LogP contribution in [0.3, 0.4) is 0 Å². The lowest BCUT2D eigenvalue weighted by Crippen LogP contribution is -2.60. The van der Waals surface area contributed by atoms with Crippen LogP contribution in [0.4, 0.5) is 0 Å². The molecule has 0 aromatic rings. The fourth-order valence-electron chi connectivity index (χ4n) is 14.3. The van der Waals surface area contributed by atoms with Crippen LogP contribution < -0.4 is 0 Å². The van der Waals surface area contributed by atoms with Gasteiger partial charge in [-0.3, -0.25) is 9.69 Å². The van der Waals surface area contributed by atoms with E-state index in [2.05, 4.69) is 39.5 Å². The SMILES string of the molecule is CC(=O)OC(C1C[C@@H](C)C2C(O1)[C@H](O)[C@@]1(C)C3CC[C@H]4C(C)(C)C(OC5CN(C6CC6)CCO5)CCC45CC35CCC21C)C(C)(C)O. The molecule has 0 aromatic carbocycles. The summed E-state index contributed by atoms with van der Waals surface area (Å²) in [5.41, 5.74) is -0.854. The molecule has 0 radical (unpaired) electrons. The normalized spacial score (nSPS) is 52.7. The third kappa shape index (κ3) is 4.55. The molecule has 10 unspecified atom stereocenters. The highest BCUT2D eigenvalue weighted by molar-refractivity contribution is 5.66. The van der Waals surface area contributed by atoms with Gasteiger partial charge in [0, 0.05) is 31.5 Å². The highest BCUT2D eigenvalue weighted by Crippen LogP contribution is 2.89. The Morgan fingerprint density at radius 3 is 2.38 bits per heavy atom. The lowest BCUT2D eigenvalue weighted by Gasteiger charge is -2.64. The summed E-state index contributed by atoms with van der Waals surface area (Å²) in [6.45, 7) is 19.7. The fourth-order valence-corrected chi connectivity index (χ4v) is 14.3. The summed E-state index contributed by atoms with van der Waals surface area (Å²) < 4.78 is 25.7. The largest absolute Gasteiger partial charge is 0.457 e. The van der Waals surface area contributed by atoms with Crippen LogP contribution in [0.2, 0.25) is 0 Å². The zero-order valence-electron chi connectivity index (χ0n) is 30.4. The van der Waals surface area contributed by atoms with Gasteiger partial charge in [0.1, 0.15) is 0 Å². The molecule has 2 N–H and O–H groups in total. The first kappa shape index (κ1) is 33.4. The summed E-state index contributed by atoms with van der Waals surface area (Å²) in [7, 11) is 0. The molecule has 0 aromatic heterocycles. The van der Waals surface area contributed by atoms with Crippen molar-refractivity contribution in [1.29, 1.82) is 0 Å². The number of morpholine rings is 1. The quantitative estimate of drug-likeness (QED) is 0.351. The molecule has 8 nitrogen and oxygen atoms in total. The molecule has 47 heavy (non-hydrogen) atoms. The first-order valence-electron chi connectivity index (χ1n) is 19.2. The molecule has 6 aliphatic carbocycles. The summed E-state index contributed by atoms with van der Waals surface area (Å²) in [6, 6.07) is 0.749. The van der Waals surface area contributed by atoms with Gasteiger partial charge in [-0.2, -0.15) is 0 Å². The van der Waals surface area contributed by atoms with Crippen molar-refractivity contribution in [2.24, 2.45) is 50.7 Å². The average Bonchev–Trinajstić information content (AvgIpc) is 3.91. The van der Waals surface area contributed by atoms with Crippen molar-refractivity contribution in [3.63, 3.8) is 0 Å². The van der Waals surface area contributed by atoms with E-state index in [1.165, 1.54) is 45.4 Å². The van der Waals surface area contributed by atoms with Crippen molar-refractivity contribution in [2.75, 3.05) is 19.7 Å². The van der Waals surface area contributed by atoms with Gasteiger partial charge in [-0.25, -0.2) is 0 Å². The summed E-state index contributed by atoms with van der Waals surface area (Å²) in [5.74, 6) is 1.18. The number of carbonyl (C=O) groups excluding carboxylic acids is 1. The van der Waals surface area contributed by atoms with Gasteiger partial charge in [0.15, 0.2) is 12.4 Å². The highest BCUT2D eigenvalue weighted by Gasteiger charge is 2.84. The Balaban J connectivity index is 1.04. The van der Waals surface area contributed by atoms with E-state index < -0.39 is 29.9 Å². The van der Waals surface area contributed by atoms with E-state index in [0.29, 0.717) is 23.7 Å². The number of esters is 1. The minimum atomic E-state index is -1.25. The fraction of sp³-hybridized carbons (Fsp3) is 0.974. The van der Waals surface area contributed by atoms with Crippen molar-refractivity contribution in [3.8, 4) is 0 Å². The van der Waals surface area contributed by atoms with Crippen molar-refractivity contribution in [2.45, 2.75) is 168 Å². The minimum absolute atomic E-state index is 0.0404. The molecule has 2 spiro atoms. The van der Waals surface area contributed by atoms with E-state index in [1.54, 1.807) is 13.8 Å². The van der Waals surface area contributed by atoms with E-state index in [-0.39, 0.29) is 52.0 Å². The zero-order chi connectivity index (χ0) is 33.5. The monoisotopic (exact) mass is 657 g/mol. The van der Waals surface area contributed by atoms with Crippen molar-refractivity contribution in [3.05, 3.63) is 0 Å². The first-order valence-corrected chi connectivity index (χ1v) is 19.2. The molecule has 0 amide bonds. The third-order valence-electron chi connectivity index (χ3n) is 16.5. The molecule has 8 rings (SSSR count). The number of fused-ring (bicyclic) bond motifs is 4. The molecule has 8 heteroatoms. The summed E-state index contributed by atoms with van der Waals surface area (Å²) in [6.07, 6.45) is 9.65. The smallest absolute Gasteiger partial charge is 0.303 e. The molecule has 0 bridgehead atoms. The average molecular weight is 658 g/mol. The van der Waals surface area contributed by atoms with Crippen LogP contribution in [0, 0.1) is 50.7 Å². The number of hydrogen-bond donors (Lipinski definition) is 2. The lowest BCUT2D eigenvalue weighted by molar-refractivity contribution is -0.249. The van der Waals surface area contributed by atoms with Crippen LogP contribution in [-0.4, -0.2) is 89.2 Å². The molecule has 2 heterocycles. The third-order valence-corrected chi connectivity index (χ3v) is 16.5. The first-order chi connectivity index (χ1) is 22.0. The molecule has 6 saturated carbocycles. The summed E-state index contributed by atoms with van der Waals surface area (Å²) in [4.78, 5) is 14.7. The molecular weight excluding hydrogens is 594 g/mol. The van der Waals surface area contributed by atoms with Gasteiger partial charge in [-0.05, 0) is 123 Å². The molecule has 2 aliphatic heterocycles. The molecule has 266 valence electrons. The van der Waals surface area contributed by atoms with Crippen LogP contribution in [-0.2, 0) is 23.7 Å².